The minimum Gasteiger partial charge on any atom is -0.441 e. The molecule has 6 heteroatoms. The average Bonchev–Trinajstić information content (AvgIpc) is 2.88. The van der Waals surface area contributed by atoms with E-state index in [0.29, 0.717) is 17.2 Å². The molecule has 0 spiro atoms. The molecule has 1 heterocycles. The van der Waals surface area contributed by atoms with Crippen molar-refractivity contribution >= 4 is 5.69 Å². The van der Waals surface area contributed by atoms with Crippen molar-refractivity contribution in [1.82, 2.24) is 10.3 Å². The normalized spacial score (nSPS) is 10.6. The lowest BCUT2D eigenvalue weighted by atomic mass is 10.2. The van der Waals surface area contributed by atoms with E-state index in [0.717, 1.165) is 19.4 Å². The van der Waals surface area contributed by atoms with Crippen LogP contribution in [0.4, 0.5) is 5.69 Å². The Hall–Kier alpha value is -2.21. The number of hydrogen-bond acceptors (Lipinski definition) is 5. The van der Waals surface area contributed by atoms with Gasteiger partial charge in [-0.15, -0.1) is 0 Å². The SMILES string of the molecule is CNCCCc1ncc(-c2cccc([N+](=O)[O-])c2)o1. The predicted octanol–water partition coefficient (Wildman–Crippen LogP) is 2.40. The van der Waals surface area contributed by atoms with Crippen molar-refractivity contribution < 1.29 is 9.34 Å². The summed E-state index contributed by atoms with van der Waals surface area (Å²) < 4.78 is 5.59. The van der Waals surface area contributed by atoms with E-state index in [9.17, 15) is 10.1 Å². The lowest BCUT2D eigenvalue weighted by Crippen LogP contribution is -2.08. The lowest BCUT2D eigenvalue weighted by molar-refractivity contribution is -0.384. The van der Waals surface area contributed by atoms with Crippen LogP contribution in [-0.4, -0.2) is 23.5 Å². The van der Waals surface area contributed by atoms with E-state index in [4.69, 9.17) is 4.42 Å². The van der Waals surface area contributed by atoms with Gasteiger partial charge in [-0.1, -0.05) is 12.1 Å². The highest BCUT2D eigenvalue weighted by Gasteiger charge is 2.10. The van der Waals surface area contributed by atoms with Gasteiger partial charge in [0.05, 0.1) is 11.1 Å². The molecule has 2 aromatic rings. The van der Waals surface area contributed by atoms with Gasteiger partial charge in [-0.05, 0) is 20.0 Å². The molecular weight excluding hydrogens is 246 g/mol. The molecule has 6 nitrogen and oxygen atoms in total. The summed E-state index contributed by atoms with van der Waals surface area (Å²) >= 11 is 0. The molecular formula is C13H15N3O3. The fourth-order valence-electron chi connectivity index (χ4n) is 1.75. The molecule has 0 radical (unpaired) electrons. The standard InChI is InChI=1S/C13H15N3O3/c1-14-7-3-6-13-15-9-12(19-13)10-4-2-5-11(8-10)16(17)18/h2,4-5,8-9,14H,3,6-7H2,1H3. The Labute approximate surface area is 110 Å². The predicted molar refractivity (Wildman–Crippen MR) is 70.8 cm³/mol. The molecule has 0 unspecified atom stereocenters. The van der Waals surface area contributed by atoms with E-state index in [-0.39, 0.29) is 5.69 Å². The highest BCUT2D eigenvalue weighted by atomic mass is 16.6. The van der Waals surface area contributed by atoms with Crippen LogP contribution in [0.3, 0.4) is 0 Å². The summed E-state index contributed by atoms with van der Waals surface area (Å²) in [4.78, 5) is 14.5. The molecule has 19 heavy (non-hydrogen) atoms. The van der Waals surface area contributed by atoms with Crippen LogP contribution < -0.4 is 5.32 Å². The van der Waals surface area contributed by atoms with Crippen LogP contribution in [0.15, 0.2) is 34.9 Å². The molecule has 1 N–H and O–H groups in total. The van der Waals surface area contributed by atoms with E-state index in [2.05, 4.69) is 10.3 Å². The lowest BCUT2D eigenvalue weighted by Gasteiger charge is -1.97. The fourth-order valence-corrected chi connectivity index (χ4v) is 1.75. The zero-order valence-corrected chi connectivity index (χ0v) is 10.6. The summed E-state index contributed by atoms with van der Waals surface area (Å²) in [5.41, 5.74) is 0.715. The van der Waals surface area contributed by atoms with Crippen molar-refractivity contribution in [3.05, 3.63) is 46.5 Å². The van der Waals surface area contributed by atoms with Crippen molar-refractivity contribution in [2.75, 3.05) is 13.6 Å². The minimum atomic E-state index is -0.423. The number of nitrogens with one attached hydrogen (secondary N) is 1. The van der Waals surface area contributed by atoms with Gasteiger partial charge < -0.3 is 9.73 Å². The molecule has 0 amide bonds. The highest BCUT2D eigenvalue weighted by molar-refractivity contribution is 5.60. The van der Waals surface area contributed by atoms with Crippen LogP contribution in [0, 0.1) is 10.1 Å². The number of nitrogens with zero attached hydrogens (tertiary/aromatic N) is 2. The molecule has 1 aromatic carbocycles. The van der Waals surface area contributed by atoms with E-state index < -0.39 is 4.92 Å². The summed E-state index contributed by atoms with van der Waals surface area (Å²) in [6, 6.07) is 6.34. The quantitative estimate of drug-likeness (QED) is 0.490. The first-order valence-corrected chi connectivity index (χ1v) is 6.05. The zero-order valence-electron chi connectivity index (χ0n) is 10.6. The maximum atomic E-state index is 10.7. The van der Waals surface area contributed by atoms with E-state index in [1.54, 1.807) is 18.3 Å². The van der Waals surface area contributed by atoms with Gasteiger partial charge in [0.15, 0.2) is 11.7 Å². The summed E-state index contributed by atoms with van der Waals surface area (Å²) in [5, 5.41) is 13.8. The number of rotatable bonds is 6. The summed E-state index contributed by atoms with van der Waals surface area (Å²) in [6.45, 7) is 0.897. The van der Waals surface area contributed by atoms with E-state index in [1.807, 2.05) is 7.05 Å². The van der Waals surface area contributed by atoms with Gasteiger partial charge in [0.1, 0.15) is 0 Å². The fraction of sp³-hybridized carbons (Fsp3) is 0.308. The van der Waals surface area contributed by atoms with Gasteiger partial charge in [-0.3, -0.25) is 10.1 Å². The maximum Gasteiger partial charge on any atom is 0.270 e. The second-order valence-corrected chi connectivity index (χ2v) is 4.13. The molecule has 0 aliphatic carbocycles. The van der Waals surface area contributed by atoms with Gasteiger partial charge in [0.2, 0.25) is 0 Å². The first-order valence-electron chi connectivity index (χ1n) is 6.05. The van der Waals surface area contributed by atoms with Gasteiger partial charge in [0, 0.05) is 24.1 Å². The van der Waals surface area contributed by atoms with Crippen LogP contribution in [0.25, 0.3) is 11.3 Å². The van der Waals surface area contributed by atoms with Gasteiger partial charge in [-0.25, -0.2) is 4.98 Å². The Morgan fingerprint density at radius 2 is 2.32 bits per heavy atom. The molecule has 0 atom stereocenters. The Kier molecular flexibility index (Phi) is 4.25. The molecule has 1 aromatic heterocycles. The zero-order chi connectivity index (χ0) is 13.7. The number of benzene rings is 1. The molecule has 0 aliphatic heterocycles. The average molecular weight is 261 g/mol. The summed E-state index contributed by atoms with van der Waals surface area (Å²) in [6.07, 6.45) is 3.29. The summed E-state index contributed by atoms with van der Waals surface area (Å²) in [5.74, 6) is 1.21. The van der Waals surface area contributed by atoms with Gasteiger partial charge >= 0.3 is 0 Å². The van der Waals surface area contributed by atoms with Crippen molar-refractivity contribution in [2.24, 2.45) is 0 Å². The van der Waals surface area contributed by atoms with Crippen LogP contribution in [0.5, 0.6) is 0 Å². The number of aryl methyl sites for hydroxylation is 1. The Bertz CT molecular complexity index is 566. The Morgan fingerprint density at radius 3 is 3.05 bits per heavy atom. The van der Waals surface area contributed by atoms with Crippen molar-refractivity contribution in [1.29, 1.82) is 0 Å². The van der Waals surface area contributed by atoms with Crippen molar-refractivity contribution in [3.8, 4) is 11.3 Å². The second-order valence-electron chi connectivity index (χ2n) is 4.13. The van der Waals surface area contributed by atoms with Crippen LogP contribution in [-0.2, 0) is 6.42 Å². The van der Waals surface area contributed by atoms with E-state index in [1.165, 1.54) is 12.1 Å². The topological polar surface area (TPSA) is 81.2 Å². The molecule has 100 valence electrons. The third-order valence-electron chi connectivity index (χ3n) is 2.71. The third-order valence-corrected chi connectivity index (χ3v) is 2.71. The number of hydrogen-bond donors (Lipinski definition) is 1. The maximum absolute atomic E-state index is 10.7. The van der Waals surface area contributed by atoms with Crippen molar-refractivity contribution in [2.45, 2.75) is 12.8 Å². The van der Waals surface area contributed by atoms with Crippen LogP contribution in [0.2, 0.25) is 0 Å². The van der Waals surface area contributed by atoms with Crippen LogP contribution >= 0.6 is 0 Å². The number of oxazole rings is 1. The van der Waals surface area contributed by atoms with Gasteiger partial charge in [0.25, 0.3) is 5.69 Å². The highest BCUT2D eigenvalue weighted by Crippen LogP contribution is 2.24. The minimum absolute atomic E-state index is 0.0469. The molecule has 2 rings (SSSR count). The molecule has 0 fully saturated rings. The number of aromatic nitrogens is 1. The molecule has 0 saturated carbocycles. The first-order chi connectivity index (χ1) is 9.20. The first kappa shape index (κ1) is 13.2. The monoisotopic (exact) mass is 261 g/mol. The smallest absolute Gasteiger partial charge is 0.270 e. The van der Waals surface area contributed by atoms with E-state index >= 15 is 0 Å². The molecule has 0 bridgehead atoms. The largest absolute Gasteiger partial charge is 0.441 e. The Balaban J connectivity index is 2.13. The summed E-state index contributed by atoms with van der Waals surface area (Å²) in [7, 11) is 1.89. The second kappa shape index (κ2) is 6.10. The third kappa shape index (κ3) is 3.38. The number of nitro groups is 1. The van der Waals surface area contributed by atoms with Gasteiger partial charge in [-0.2, -0.15) is 0 Å². The molecule has 0 aliphatic rings. The van der Waals surface area contributed by atoms with Crippen molar-refractivity contribution in [3.63, 3.8) is 0 Å². The Morgan fingerprint density at radius 1 is 1.47 bits per heavy atom. The van der Waals surface area contributed by atoms with Crippen LogP contribution in [0.1, 0.15) is 12.3 Å². The number of nitro benzene ring substituents is 1. The number of non-ortho nitro benzene ring substituents is 1. The molecule has 0 saturated heterocycles.